The number of ether oxygens (including phenoxy) is 1. The number of rotatable bonds is 4. The molecule has 1 aromatic carbocycles. The second-order valence-electron chi connectivity index (χ2n) is 4.23. The number of methoxy groups -OCH3 is 1. The van der Waals surface area contributed by atoms with E-state index in [9.17, 15) is 12.8 Å². The zero-order valence-electron chi connectivity index (χ0n) is 11.0. The molecule has 0 saturated heterocycles. The fourth-order valence-corrected chi connectivity index (χ4v) is 2.33. The molecule has 6 nitrogen and oxygen atoms in total. The largest absolute Gasteiger partial charge is 0.494 e. The lowest BCUT2D eigenvalue weighted by Gasteiger charge is -2.09. The molecule has 2 aromatic rings. The molecule has 0 spiro atoms. The lowest BCUT2D eigenvalue weighted by molar-refractivity contribution is 0.383. The Balaban J connectivity index is 2.38. The summed E-state index contributed by atoms with van der Waals surface area (Å²) in [4.78, 5) is 3.85. The molecule has 8 heteroatoms. The first-order chi connectivity index (χ1) is 9.32. The Morgan fingerprint density at radius 1 is 1.45 bits per heavy atom. The molecule has 0 bridgehead atoms. The van der Waals surface area contributed by atoms with Gasteiger partial charge < -0.3 is 9.30 Å². The molecule has 2 N–H and O–H groups in total. The molecular formula is C12H14FN3O3S. The summed E-state index contributed by atoms with van der Waals surface area (Å²) in [6.45, 7) is 1.75. The molecule has 108 valence electrons. The van der Waals surface area contributed by atoms with Gasteiger partial charge in [0.05, 0.1) is 13.7 Å². The fraction of sp³-hybridized carbons (Fsp3) is 0.250. The van der Waals surface area contributed by atoms with Crippen molar-refractivity contribution >= 4 is 10.0 Å². The van der Waals surface area contributed by atoms with Crippen LogP contribution >= 0.6 is 0 Å². The van der Waals surface area contributed by atoms with Gasteiger partial charge in [0.2, 0.25) is 0 Å². The number of hydrogen-bond acceptors (Lipinski definition) is 4. The van der Waals surface area contributed by atoms with E-state index in [1.165, 1.54) is 23.9 Å². The van der Waals surface area contributed by atoms with Crippen LogP contribution in [0.4, 0.5) is 4.39 Å². The number of aromatic nitrogens is 2. The molecule has 20 heavy (non-hydrogen) atoms. The van der Waals surface area contributed by atoms with Crippen LogP contribution in [0.25, 0.3) is 0 Å². The molecule has 0 fully saturated rings. The van der Waals surface area contributed by atoms with Crippen LogP contribution in [0.1, 0.15) is 11.4 Å². The van der Waals surface area contributed by atoms with Crippen molar-refractivity contribution in [3.63, 3.8) is 0 Å². The van der Waals surface area contributed by atoms with Crippen LogP contribution in [0.3, 0.4) is 0 Å². The number of halogens is 1. The van der Waals surface area contributed by atoms with E-state index in [-0.39, 0.29) is 17.3 Å². The molecule has 0 atom stereocenters. The van der Waals surface area contributed by atoms with Gasteiger partial charge in [0, 0.05) is 11.8 Å². The molecular weight excluding hydrogens is 285 g/mol. The summed E-state index contributed by atoms with van der Waals surface area (Å²) < 4.78 is 42.9. The van der Waals surface area contributed by atoms with E-state index in [4.69, 9.17) is 9.88 Å². The third-order valence-corrected chi connectivity index (χ3v) is 3.63. The van der Waals surface area contributed by atoms with E-state index < -0.39 is 15.8 Å². The summed E-state index contributed by atoms with van der Waals surface area (Å²) >= 11 is 0. The monoisotopic (exact) mass is 299 g/mol. The van der Waals surface area contributed by atoms with Crippen LogP contribution in [0.5, 0.6) is 5.75 Å². The summed E-state index contributed by atoms with van der Waals surface area (Å²) in [7, 11) is -2.49. The Kier molecular flexibility index (Phi) is 3.78. The van der Waals surface area contributed by atoms with Gasteiger partial charge in [0.15, 0.2) is 16.6 Å². The minimum Gasteiger partial charge on any atom is -0.494 e. The van der Waals surface area contributed by atoms with Gasteiger partial charge in [-0.2, -0.15) is 0 Å². The average Bonchev–Trinajstić information content (AvgIpc) is 2.73. The van der Waals surface area contributed by atoms with Gasteiger partial charge >= 0.3 is 0 Å². The van der Waals surface area contributed by atoms with Gasteiger partial charge in [0.1, 0.15) is 5.82 Å². The van der Waals surface area contributed by atoms with E-state index >= 15 is 0 Å². The van der Waals surface area contributed by atoms with Crippen LogP contribution in [0, 0.1) is 12.7 Å². The van der Waals surface area contributed by atoms with Crippen LogP contribution in [0.15, 0.2) is 29.4 Å². The van der Waals surface area contributed by atoms with Gasteiger partial charge in [-0.25, -0.2) is 22.9 Å². The molecule has 0 amide bonds. The van der Waals surface area contributed by atoms with E-state index in [2.05, 4.69) is 4.98 Å². The molecule has 0 aliphatic heterocycles. The summed E-state index contributed by atoms with van der Waals surface area (Å²) in [5, 5.41) is 4.77. The minimum absolute atomic E-state index is 0.131. The molecule has 0 aliphatic carbocycles. The normalized spacial score (nSPS) is 11.6. The first kappa shape index (κ1) is 14.5. The van der Waals surface area contributed by atoms with Crippen LogP contribution in [0.2, 0.25) is 0 Å². The minimum atomic E-state index is -3.87. The molecule has 0 unspecified atom stereocenters. The SMILES string of the molecule is COc1cccc(Cn2cc(S(N)(=O)=O)nc2C)c1F. The highest BCUT2D eigenvalue weighted by Crippen LogP contribution is 2.21. The van der Waals surface area contributed by atoms with Crippen molar-refractivity contribution in [1.82, 2.24) is 9.55 Å². The molecule has 2 rings (SSSR count). The number of primary sulfonamides is 1. The zero-order chi connectivity index (χ0) is 14.9. The number of nitrogens with two attached hydrogens (primary N) is 1. The van der Waals surface area contributed by atoms with E-state index in [0.29, 0.717) is 11.4 Å². The highest BCUT2D eigenvalue weighted by atomic mass is 32.2. The Morgan fingerprint density at radius 2 is 2.15 bits per heavy atom. The van der Waals surface area contributed by atoms with Gasteiger partial charge in [-0.15, -0.1) is 0 Å². The maximum Gasteiger partial charge on any atom is 0.257 e. The number of imidazole rings is 1. The van der Waals surface area contributed by atoms with Crippen LogP contribution in [-0.4, -0.2) is 25.1 Å². The molecule has 0 radical (unpaired) electrons. The molecule has 0 aliphatic rings. The lowest BCUT2D eigenvalue weighted by atomic mass is 10.2. The third kappa shape index (κ3) is 2.81. The van der Waals surface area contributed by atoms with Gasteiger partial charge in [-0.3, -0.25) is 0 Å². The highest BCUT2D eigenvalue weighted by Gasteiger charge is 2.16. The summed E-state index contributed by atoms with van der Waals surface area (Å²) in [5.74, 6) is 0.0726. The smallest absolute Gasteiger partial charge is 0.257 e. The first-order valence-electron chi connectivity index (χ1n) is 5.71. The number of aryl methyl sites for hydroxylation is 1. The summed E-state index contributed by atoms with van der Waals surface area (Å²) in [6.07, 6.45) is 1.28. The number of benzene rings is 1. The standard InChI is InChI=1S/C12H14FN3O3S/c1-8-15-11(20(14,17)18)7-16(8)6-9-4-3-5-10(19-2)12(9)13/h3-5,7H,6H2,1-2H3,(H2,14,17,18). The lowest BCUT2D eigenvalue weighted by Crippen LogP contribution is -2.12. The zero-order valence-corrected chi connectivity index (χ0v) is 11.8. The van der Waals surface area contributed by atoms with Crippen LogP contribution < -0.4 is 9.88 Å². The second-order valence-corrected chi connectivity index (χ2v) is 5.74. The van der Waals surface area contributed by atoms with Crippen molar-refractivity contribution in [3.8, 4) is 5.75 Å². The van der Waals surface area contributed by atoms with E-state index in [1.54, 1.807) is 19.1 Å². The Morgan fingerprint density at radius 3 is 2.70 bits per heavy atom. The van der Waals surface area contributed by atoms with Crippen molar-refractivity contribution < 1.29 is 17.5 Å². The van der Waals surface area contributed by atoms with Gasteiger partial charge in [-0.05, 0) is 13.0 Å². The first-order valence-corrected chi connectivity index (χ1v) is 7.25. The fourth-order valence-electron chi connectivity index (χ4n) is 1.80. The van der Waals surface area contributed by atoms with Crippen molar-refractivity contribution in [2.45, 2.75) is 18.5 Å². The van der Waals surface area contributed by atoms with Gasteiger partial charge in [-0.1, -0.05) is 12.1 Å². The van der Waals surface area contributed by atoms with Crippen LogP contribution in [-0.2, 0) is 16.6 Å². The predicted octanol–water partition coefficient (Wildman–Crippen LogP) is 1.03. The Bertz CT molecular complexity index is 740. The van der Waals surface area contributed by atoms with Crippen molar-refractivity contribution in [2.75, 3.05) is 7.11 Å². The maximum absolute atomic E-state index is 14.0. The average molecular weight is 299 g/mol. The third-order valence-electron chi connectivity index (χ3n) is 2.85. The number of hydrogen-bond donors (Lipinski definition) is 1. The quantitative estimate of drug-likeness (QED) is 0.913. The number of sulfonamides is 1. The number of nitrogens with zero attached hydrogens (tertiary/aromatic N) is 2. The highest BCUT2D eigenvalue weighted by molar-refractivity contribution is 7.89. The second kappa shape index (κ2) is 5.22. The molecule has 1 aromatic heterocycles. The Labute approximate surface area is 116 Å². The van der Waals surface area contributed by atoms with Gasteiger partial charge in [0.25, 0.3) is 10.0 Å². The molecule has 1 heterocycles. The maximum atomic E-state index is 14.0. The molecule has 0 saturated carbocycles. The van der Waals surface area contributed by atoms with Crippen molar-refractivity contribution in [3.05, 3.63) is 41.6 Å². The Hall–Kier alpha value is -1.93. The summed E-state index contributed by atoms with van der Waals surface area (Å²) in [5.41, 5.74) is 0.366. The predicted molar refractivity (Wildman–Crippen MR) is 70.4 cm³/mol. The van der Waals surface area contributed by atoms with E-state index in [0.717, 1.165) is 0 Å². The topological polar surface area (TPSA) is 87.2 Å². The van der Waals surface area contributed by atoms with E-state index in [1.807, 2.05) is 0 Å². The van der Waals surface area contributed by atoms with Crippen molar-refractivity contribution in [1.29, 1.82) is 0 Å². The van der Waals surface area contributed by atoms with Crippen molar-refractivity contribution in [2.24, 2.45) is 5.14 Å². The summed E-state index contributed by atoms with van der Waals surface area (Å²) in [6, 6.07) is 4.76.